The van der Waals surface area contributed by atoms with Crippen molar-refractivity contribution in [3.05, 3.63) is 99.0 Å². The molecule has 0 bridgehead atoms. The number of rotatable bonds is 3. The predicted molar refractivity (Wildman–Crippen MR) is 123 cm³/mol. The molecule has 0 radical (unpaired) electrons. The normalized spacial score (nSPS) is 12.4. The Morgan fingerprint density at radius 1 is 1.07 bits per heavy atom. The van der Waals surface area contributed by atoms with Crippen LogP contribution in [0, 0.1) is 18.8 Å². The molecule has 0 unspecified atom stereocenters. The topological polar surface area (TPSA) is 50.7 Å². The van der Waals surface area contributed by atoms with E-state index >= 15 is 0 Å². The van der Waals surface area contributed by atoms with Crippen molar-refractivity contribution in [3.8, 4) is 11.8 Å². The van der Waals surface area contributed by atoms with Crippen molar-refractivity contribution in [3.63, 3.8) is 0 Å². The van der Waals surface area contributed by atoms with Gasteiger partial charge >= 0.3 is 0 Å². The molecular weight excluding hydrogens is 440 g/mol. The summed E-state index contributed by atoms with van der Waals surface area (Å²) >= 11 is 3.47. The quantitative estimate of drug-likeness (QED) is 0.549. The monoisotopic (exact) mass is 458 g/mol. The van der Waals surface area contributed by atoms with Crippen LogP contribution in [0.15, 0.2) is 76.2 Å². The Morgan fingerprint density at radius 2 is 1.87 bits per heavy atom. The fourth-order valence-corrected chi connectivity index (χ4v) is 3.42. The maximum atomic E-state index is 13.1. The Hall–Kier alpha value is -3.36. The van der Waals surface area contributed by atoms with Gasteiger partial charge in [-0.2, -0.15) is 0 Å². The lowest BCUT2D eigenvalue weighted by Crippen LogP contribution is -2.16. The molecule has 3 aromatic rings. The van der Waals surface area contributed by atoms with Crippen molar-refractivity contribution in [1.82, 2.24) is 0 Å². The van der Waals surface area contributed by atoms with Crippen LogP contribution in [0.5, 0.6) is 0 Å². The number of benzene rings is 3. The van der Waals surface area contributed by atoms with Crippen LogP contribution in [0.2, 0.25) is 0 Å². The average Bonchev–Trinajstić information content (AvgIpc) is 3.28. The van der Waals surface area contributed by atoms with Crippen LogP contribution >= 0.6 is 15.9 Å². The summed E-state index contributed by atoms with van der Waals surface area (Å²) in [6.07, 6.45) is 0. The first-order valence-corrected chi connectivity index (χ1v) is 10.4. The van der Waals surface area contributed by atoms with Gasteiger partial charge in [-0.25, -0.2) is 4.99 Å². The Bertz CT molecular complexity index is 1190. The average molecular weight is 459 g/mol. The third-order valence-corrected chi connectivity index (χ3v) is 5.10. The Labute approximate surface area is 184 Å². The van der Waals surface area contributed by atoms with Crippen LogP contribution in [0.25, 0.3) is 0 Å². The molecule has 5 heteroatoms. The molecule has 1 aliphatic heterocycles. The number of hydrogen-bond donors (Lipinski definition) is 1. The van der Waals surface area contributed by atoms with Gasteiger partial charge in [0.2, 0.25) is 5.90 Å². The van der Waals surface area contributed by atoms with E-state index in [2.05, 4.69) is 38.1 Å². The van der Waals surface area contributed by atoms with E-state index in [0.717, 1.165) is 15.6 Å². The van der Waals surface area contributed by atoms with E-state index in [1.807, 2.05) is 67.6 Å². The summed E-state index contributed by atoms with van der Waals surface area (Å²) in [4.78, 5) is 17.5. The summed E-state index contributed by atoms with van der Waals surface area (Å²) in [5, 5.41) is 2.99. The number of aliphatic imine (C=N–C) groups is 1. The first kappa shape index (κ1) is 19.9. The summed E-state index contributed by atoms with van der Waals surface area (Å²) in [5.41, 5.74) is 4.65. The van der Waals surface area contributed by atoms with Crippen molar-refractivity contribution in [2.24, 2.45) is 4.99 Å². The Balaban J connectivity index is 1.64. The highest BCUT2D eigenvalue weighted by Crippen LogP contribution is 2.22. The number of nitrogens with one attached hydrogen (secondary N) is 1. The SMILES string of the molecule is Cc1ccc(C#Cc2cc(Br)ccc2C(=O)Nc2ccccc2C2=NCCO2)cc1. The molecule has 4 nitrogen and oxygen atoms in total. The van der Waals surface area contributed by atoms with Crippen LogP contribution < -0.4 is 5.32 Å². The van der Waals surface area contributed by atoms with Crippen molar-refractivity contribution in [1.29, 1.82) is 0 Å². The molecule has 30 heavy (non-hydrogen) atoms. The summed E-state index contributed by atoms with van der Waals surface area (Å²) < 4.78 is 6.43. The van der Waals surface area contributed by atoms with Gasteiger partial charge in [-0.15, -0.1) is 0 Å². The fourth-order valence-electron chi connectivity index (χ4n) is 3.06. The lowest BCUT2D eigenvalue weighted by Gasteiger charge is -2.12. The molecule has 0 fully saturated rings. The zero-order valence-electron chi connectivity index (χ0n) is 16.4. The highest BCUT2D eigenvalue weighted by molar-refractivity contribution is 9.10. The third kappa shape index (κ3) is 4.61. The van der Waals surface area contributed by atoms with Gasteiger partial charge in [0.15, 0.2) is 0 Å². The number of carbonyl (C=O) groups is 1. The molecule has 0 saturated heterocycles. The standard InChI is InChI=1S/C25H19BrN2O2/c1-17-6-8-18(9-7-17)10-11-19-16-20(26)12-13-21(19)24(29)28-23-5-3-2-4-22(23)25-27-14-15-30-25/h2-9,12-13,16H,14-15H2,1H3,(H,28,29). The molecule has 0 aromatic heterocycles. The number of nitrogens with zero attached hydrogens (tertiary/aromatic N) is 1. The van der Waals surface area contributed by atoms with Crippen LogP contribution in [-0.4, -0.2) is 25.0 Å². The maximum absolute atomic E-state index is 13.1. The van der Waals surface area contributed by atoms with Crippen molar-refractivity contribution >= 4 is 33.4 Å². The van der Waals surface area contributed by atoms with Gasteiger partial charge < -0.3 is 10.1 Å². The van der Waals surface area contributed by atoms with Gasteiger partial charge in [0.1, 0.15) is 6.61 Å². The number of halogens is 1. The molecule has 0 atom stereocenters. The molecule has 0 aliphatic carbocycles. The third-order valence-electron chi connectivity index (χ3n) is 4.61. The van der Waals surface area contributed by atoms with E-state index in [4.69, 9.17) is 4.74 Å². The van der Waals surface area contributed by atoms with Crippen molar-refractivity contribution < 1.29 is 9.53 Å². The molecule has 0 spiro atoms. The van der Waals surface area contributed by atoms with Crippen LogP contribution in [0.1, 0.15) is 32.6 Å². The predicted octanol–water partition coefficient (Wildman–Crippen LogP) is 5.19. The zero-order chi connectivity index (χ0) is 20.9. The van der Waals surface area contributed by atoms with E-state index < -0.39 is 0 Å². The fraction of sp³-hybridized carbons (Fsp3) is 0.120. The largest absolute Gasteiger partial charge is 0.475 e. The molecule has 1 aliphatic rings. The van der Waals surface area contributed by atoms with E-state index in [9.17, 15) is 4.79 Å². The maximum Gasteiger partial charge on any atom is 0.256 e. The summed E-state index contributed by atoms with van der Waals surface area (Å²) in [6.45, 7) is 3.22. The minimum atomic E-state index is -0.234. The van der Waals surface area contributed by atoms with Gasteiger partial charge in [0.25, 0.3) is 5.91 Å². The number of para-hydroxylation sites is 1. The lowest BCUT2D eigenvalue weighted by molar-refractivity contribution is 0.102. The Morgan fingerprint density at radius 3 is 2.63 bits per heavy atom. The molecule has 148 valence electrons. The van der Waals surface area contributed by atoms with Gasteiger partial charge in [0.05, 0.1) is 23.4 Å². The second-order valence-electron chi connectivity index (χ2n) is 6.84. The first-order valence-electron chi connectivity index (χ1n) is 9.56. The van der Waals surface area contributed by atoms with Crippen molar-refractivity contribution in [2.75, 3.05) is 18.5 Å². The summed E-state index contributed by atoms with van der Waals surface area (Å²) in [7, 11) is 0. The van der Waals surface area contributed by atoms with Crippen LogP contribution in [0.4, 0.5) is 5.69 Å². The van der Waals surface area contributed by atoms with Gasteiger partial charge in [0, 0.05) is 15.6 Å². The highest BCUT2D eigenvalue weighted by Gasteiger charge is 2.17. The molecule has 1 N–H and O–H groups in total. The minimum absolute atomic E-state index is 0.234. The smallest absolute Gasteiger partial charge is 0.256 e. The molecule has 1 heterocycles. The molecular formula is C25H19BrN2O2. The van der Waals surface area contributed by atoms with E-state index in [1.54, 1.807) is 6.07 Å². The number of aryl methyl sites for hydroxylation is 1. The minimum Gasteiger partial charge on any atom is -0.475 e. The second kappa shape index (κ2) is 8.98. The van der Waals surface area contributed by atoms with Gasteiger partial charge in [-0.1, -0.05) is 57.6 Å². The second-order valence-corrected chi connectivity index (χ2v) is 7.76. The number of ether oxygens (including phenoxy) is 1. The molecule has 4 rings (SSSR count). The number of hydrogen-bond acceptors (Lipinski definition) is 3. The van der Waals surface area contributed by atoms with Gasteiger partial charge in [-0.3, -0.25) is 4.79 Å². The highest BCUT2D eigenvalue weighted by atomic mass is 79.9. The van der Waals surface area contributed by atoms with Gasteiger partial charge in [-0.05, 0) is 49.4 Å². The molecule has 3 aromatic carbocycles. The summed E-state index contributed by atoms with van der Waals surface area (Å²) in [5.74, 6) is 6.60. The molecule has 1 amide bonds. The van der Waals surface area contributed by atoms with E-state index in [1.165, 1.54) is 5.56 Å². The summed E-state index contributed by atoms with van der Waals surface area (Å²) in [6, 6.07) is 20.9. The van der Waals surface area contributed by atoms with Crippen LogP contribution in [-0.2, 0) is 4.74 Å². The first-order chi connectivity index (χ1) is 14.6. The molecule has 0 saturated carbocycles. The number of anilines is 1. The van der Waals surface area contributed by atoms with E-state index in [0.29, 0.717) is 35.9 Å². The lowest BCUT2D eigenvalue weighted by atomic mass is 10.1. The zero-order valence-corrected chi connectivity index (χ0v) is 18.0. The number of amides is 1. The number of carbonyl (C=O) groups excluding carboxylic acids is 1. The van der Waals surface area contributed by atoms with Crippen LogP contribution in [0.3, 0.4) is 0 Å². The Kier molecular flexibility index (Phi) is 5.97. The van der Waals surface area contributed by atoms with E-state index in [-0.39, 0.29) is 5.91 Å². The van der Waals surface area contributed by atoms with Crippen molar-refractivity contribution in [2.45, 2.75) is 6.92 Å².